The largest absolute Gasteiger partial charge is 0.467 e. The van der Waals surface area contributed by atoms with Gasteiger partial charge in [0.25, 0.3) is 0 Å². The molecule has 0 atom stereocenters. The van der Waals surface area contributed by atoms with Crippen molar-refractivity contribution in [3.05, 3.63) is 0 Å². The predicted molar refractivity (Wildman–Crippen MR) is 67.5 cm³/mol. The van der Waals surface area contributed by atoms with Crippen molar-refractivity contribution >= 4 is 37.2 Å². The predicted octanol–water partition coefficient (Wildman–Crippen LogP) is 1.67. The van der Waals surface area contributed by atoms with Gasteiger partial charge in [0.2, 0.25) is 0 Å². The molecular formula is C6H9I2N3O3. The molecule has 0 aliphatic rings. The van der Waals surface area contributed by atoms with E-state index in [9.17, 15) is 0 Å². The minimum Gasteiger partial charge on any atom is -0.467 e. The molecule has 1 heterocycles. The summed E-state index contributed by atoms with van der Waals surface area (Å²) < 4.78 is 14.3. The second kappa shape index (κ2) is 8.20. The molecule has 0 radical (unpaired) electrons. The van der Waals surface area contributed by atoms with Gasteiger partial charge in [-0.3, -0.25) is 0 Å². The maximum atomic E-state index is 4.78. The quantitative estimate of drug-likeness (QED) is 0.687. The normalized spacial score (nSPS) is 8.36. The van der Waals surface area contributed by atoms with Crippen LogP contribution >= 0.6 is 37.2 Å². The van der Waals surface area contributed by atoms with Crippen molar-refractivity contribution in [2.75, 3.05) is 21.3 Å². The van der Waals surface area contributed by atoms with Gasteiger partial charge in [0, 0.05) is 37.2 Å². The molecule has 1 rings (SSSR count). The Morgan fingerprint density at radius 2 is 0.929 bits per heavy atom. The highest BCUT2D eigenvalue weighted by Crippen LogP contribution is 2.12. The maximum absolute atomic E-state index is 4.78. The Morgan fingerprint density at radius 1 is 0.714 bits per heavy atom. The number of halogens is 2. The van der Waals surface area contributed by atoms with Crippen LogP contribution in [0, 0.1) is 0 Å². The first-order valence-electron chi connectivity index (χ1n) is 3.32. The molecular weight excluding hydrogens is 416 g/mol. The van der Waals surface area contributed by atoms with E-state index in [2.05, 4.69) is 52.2 Å². The molecule has 0 unspecified atom stereocenters. The molecule has 0 saturated carbocycles. The van der Waals surface area contributed by atoms with Gasteiger partial charge in [-0.2, -0.15) is 0 Å². The average Bonchev–Trinajstić information content (AvgIpc) is 2.30. The summed E-state index contributed by atoms with van der Waals surface area (Å²) in [7, 11) is 4.36. The Balaban J connectivity index is 0.000000791. The van der Waals surface area contributed by atoms with Crippen molar-refractivity contribution in [1.29, 1.82) is 0 Å². The number of hydrogen-bond acceptors (Lipinski definition) is 6. The topological polar surface area (TPSA) is 66.4 Å². The summed E-state index contributed by atoms with van der Waals surface area (Å²) >= 11 is 4.24. The average molecular weight is 425 g/mol. The van der Waals surface area contributed by atoms with Crippen LogP contribution in [0.15, 0.2) is 0 Å². The van der Waals surface area contributed by atoms with E-state index in [1.165, 1.54) is 21.3 Å². The molecule has 0 spiro atoms. The first-order valence-corrected chi connectivity index (χ1v) is 9.61. The van der Waals surface area contributed by atoms with Gasteiger partial charge >= 0.3 is 18.0 Å². The van der Waals surface area contributed by atoms with Crippen LogP contribution < -0.4 is 14.2 Å². The van der Waals surface area contributed by atoms with Crippen LogP contribution in [0.3, 0.4) is 0 Å². The third-order valence-corrected chi connectivity index (χ3v) is 1.12. The summed E-state index contributed by atoms with van der Waals surface area (Å²) in [5.74, 6) is 0. The van der Waals surface area contributed by atoms with Crippen molar-refractivity contribution in [3.8, 4) is 18.0 Å². The monoisotopic (exact) mass is 425 g/mol. The lowest BCUT2D eigenvalue weighted by atomic mass is 10.9. The Labute approximate surface area is 105 Å². The molecule has 0 bridgehead atoms. The van der Waals surface area contributed by atoms with Gasteiger partial charge in [-0.25, -0.2) is 0 Å². The van der Waals surface area contributed by atoms with E-state index in [0.29, 0.717) is 0 Å². The number of ether oxygens (including phenoxy) is 3. The molecule has 6 nitrogen and oxygen atoms in total. The van der Waals surface area contributed by atoms with Crippen molar-refractivity contribution < 1.29 is 14.2 Å². The molecule has 0 aliphatic heterocycles. The number of nitrogens with zero attached hydrogens (tertiary/aromatic N) is 3. The lowest BCUT2D eigenvalue weighted by Gasteiger charge is -2.02. The third kappa shape index (κ3) is 4.39. The standard InChI is InChI=1S/C6H9N3O3.I2/c1-10-4-7-5(11-2)9-6(8-4)12-3;1-2/h1-3H3;. The summed E-state index contributed by atoms with van der Waals surface area (Å²) in [6.45, 7) is 0. The molecule has 0 saturated heterocycles. The van der Waals surface area contributed by atoms with Crippen molar-refractivity contribution in [2.24, 2.45) is 0 Å². The summed E-state index contributed by atoms with van der Waals surface area (Å²) in [6.07, 6.45) is 0. The van der Waals surface area contributed by atoms with Crippen molar-refractivity contribution in [1.82, 2.24) is 15.0 Å². The van der Waals surface area contributed by atoms with Gasteiger partial charge in [0.05, 0.1) is 21.3 Å². The van der Waals surface area contributed by atoms with E-state index in [1.807, 2.05) is 0 Å². The Hall–Kier alpha value is -0.130. The lowest BCUT2D eigenvalue weighted by Crippen LogP contribution is -2.01. The minimum absolute atomic E-state index is 0.165. The van der Waals surface area contributed by atoms with E-state index in [1.54, 1.807) is 0 Å². The SMILES string of the molecule is COc1nc(OC)nc(OC)n1.II. The fourth-order valence-corrected chi connectivity index (χ4v) is 0.594. The summed E-state index contributed by atoms with van der Waals surface area (Å²) in [5.41, 5.74) is 0. The van der Waals surface area contributed by atoms with Crippen molar-refractivity contribution in [2.45, 2.75) is 0 Å². The van der Waals surface area contributed by atoms with Gasteiger partial charge in [-0.05, 0) is 0 Å². The Morgan fingerprint density at radius 3 is 1.07 bits per heavy atom. The summed E-state index contributed by atoms with van der Waals surface area (Å²) in [5, 5.41) is 0. The number of aromatic nitrogens is 3. The lowest BCUT2D eigenvalue weighted by molar-refractivity contribution is 0.307. The zero-order valence-corrected chi connectivity index (χ0v) is 12.1. The zero-order chi connectivity index (χ0) is 11.0. The van der Waals surface area contributed by atoms with Crippen LogP contribution in [-0.2, 0) is 0 Å². The first kappa shape index (κ1) is 13.9. The molecule has 0 aromatic carbocycles. The Bertz CT molecular complexity index is 219. The molecule has 0 amide bonds. The number of hydrogen-bond donors (Lipinski definition) is 0. The smallest absolute Gasteiger partial charge is 0.325 e. The molecule has 1 aromatic heterocycles. The molecule has 0 fully saturated rings. The zero-order valence-electron chi connectivity index (χ0n) is 7.82. The van der Waals surface area contributed by atoms with E-state index in [4.69, 9.17) is 14.2 Å². The number of methoxy groups -OCH3 is 3. The van der Waals surface area contributed by atoms with Gasteiger partial charge in [-0.1, -0.05) is 0 Å². The molecule has 0 N–H and O–H groups in total. The Kier molecular flexibility index (Phi) is 8.12. The minimum atomic E-state index is 0.165. The number of rotatable bonds is 3. The molecule has 80 valence electrons. The van der Waals surface area contributed by atoms with E-state index < -0.39 is 0 Å². The highest BCUT2D eigenvalue weighted by atomic mass is 128. The molecule has 8 heteroatoms. The molecule has 0 aliphatic carbocycles. The van der Waals surface area contributed by atoms with Gasteiger partial charge < -0.3 is 14.2 Å². The molecule has 1 aromatic rings. The molecule has 14 heavy (non-hydrogen) atoms. The highest BCUT2D eigenvalue weighted by Gasteiger charge is 2.05. The summed E-state index contributed by atoms with van der Waals surface area (Å²) in [4.78, 5) is 11.3. The van der Waals surface area contributed by atoms with Crippen molar-refractivity contribution in [3.63, 3.8) is 0 Å². The van der Waals surface area contributed by atoms with E-state index in [-0.39, 0.29) is 18.0 Å². The van der Waals surface area contributed by atoms with Crippen LogP contribution in [0.4, 0.5) is 0 Å². The van der Waals surface area contributed by atoms with Gasteiger partial charge in [-0.15, -0.1) is 15.0 Å². The maximum Gasteiger partial charge on any atom is 0.325 e. The fourth-order valence-electron chi connectivity index (χ4n) is 0.594. The third-order valence-electron chi connectivity index (χ3n) is 1.12. The van der Waals surface area contributed by atoms with Gasteiger partial charge in [0.1, 0.15) is 0 Å². The van der Waals surface area contributed by atoms with Gasteiger partial charge in [0.15, 0.2) is 0 Å². The van der Waals surface area contributed by atoms with Crippen LogP contribution in [0.1, 0.15) is 0 Å². The second-order valence-corrected chi connectivity index (χ2v) is 1.80. The second-order valence-electron chi connectivity index (χ2n) is 1.80. The fraction of sp³-hybridized carbons (Fsp3) is 0.500. The highest BCUT2D eigenvalue weighted by molar-refractivity contribution is 15.0. The summed E-state index contributed by atoms with van der Waals surface area (Å²) in [6, 6.07) is 0.496. The van der Waals surface area contributed by atoms with Crippen LogP contribution in [-0.4, -0.2) is 36.3 Å². The van der Waals surface area contributed by atoms with Crippen LogP contribution in [0.5, 0.6) is 18.0 Å². The van der Waals surface area contributed by atoms with E-state index >= 15 is 0 Å². The van der Waals surface area contributed by atoms with Crippen LogP contribution in [0.2, 0.25) is 0 Å². The van der Waals surface area contributed by atoms with E-state index in [0.717, 1.165) is 0 Å². The van der Waals surface area contributed by atoms with Crippen LogP contribution in [0.25, 0.3) is 0 Å². The first-order chi connectivity index (χ1) is 6.80.